The molecule has 0 aromatic heterocycles. The fraction of sp³-hybridized carbons (Fsp3) is 0.538. The number of rotatable bonds is 4. The van der Waals surface area contributed by atoms with E-state index in [9.17, 15) is 8.78 Å². The molecule has 0 saturated carbocycles. The summed E-state index contributed by atoms with van der Waals surface area (Å²) >= 11 is 3.14. The van der Waals surface area contributed by atoms with Crippen LogP contribution in [0.5, 0.6) is 0 Å². The molecule has 0 amide bonds. The van der Waals surface area contributed by atoms with Gasteiger partial charge in [-0.3, -0.25) is 0 Å². The van der Waals surface area contributed by atoms with Gasteiger partial charge in [0.25, 0.3) is 0 Å². The van der Waals surface area contributed by atoms with Crippen LogP contribution in [0.4, 0.5) is 8.78 Å². The van der Waals surface area contributed by atoms with Crippen molar-refractivity contribution in [1.29, 1.82) is 0 Å². The smallest absolute Gasteiger partial charge is 0.137 e. The molecule has 1 rings (SSSR count). The fourth-order valence-electron chi connectivity index (χ4n) is 1.43. The number of benzene rings is 1. The highest BCUT2D eigenvalue weighted by molar-refractivity contribution is 9.10. The molecule has 1 nitrogen and oxygen atoms in total. The molecule has 1 N–H and O–H groups in total. The van der Waals surface area contributed by atoms with Crippen LogP contribution in [-0.4, -0.2) is 18.3 Å². The Morgan fingerprint density at radius 2 is 2.00 bits per heavy atom. The van der Waals surface area contributed by atoms with Crippen LogP contribution < -0.4 is 5.32 Å². The maximum atomic E-state index is 13.7. The Bertz CT molecular complexity index is 374. The molecule has 1 aromatic carbocycles. The number of nitrogens with one attached hydrogen (secondary N) is 1. The predicted molar refractivity (Wildman–Crippen MR) is 70.5 cm³/mol. The van der Waals surface area contributed by atoms with Crippen LogP contribution >= 0.6 is 15.9 Å². The second kappa shape index (κ2) is 5.91. The van der Waals surface area contributed by atoms with E-state index in [2.05, 4.69) is 21.2 Å². The monoisotopic (exact) mass is 305 g/mol. The Hall–Kier alpha value is -0.480. The van der Waals surface area contributed by atoms with Gasteiger partial charge < -0.3 is 5.32 Å². The molecule has 0 saturated heterocycles. The maximum Gasteiger partial charge on any atom is 0.137 e. The van der Waals surface area contributed by atoms with E-state index >= 15 is 0 Å². The van der Waals surface area contributed by atoms with Gasteiger partial charge >= 0.3 is 0 Å². The Kier molecular flexibility index (Phi) is 5.07. The van der Waals surface area contributed by atoms with Crippen molar-refractivity contribution in [2.24, 2.45) is 0 Å². The van der Waals surface area contributed by atoms with Gasteiger partial charge in [0, 0.05) is 18.5 Å². The van der Waals surface area contributed by atoms with Crippen LogP contribution in [0.1, 0.15) is 26.3 Å². The molecule has 1 unspecified atom stereocenters. The van der Waals surface area contributed by atoms with Crippen LogP contribution in [-0.2, 0) is 6.42 Å². The summed E-state index contributed by atoms with van der Waals surface area (Å²) in [5.41, 5.74) is 0.553. The summed E-state index contributed by atoms with van der Waals surface area (Å²) in [5.74, 6) is -0.349. The molecule has 0 aliphatic rings. The van der Waals surface area contributed by atoms with Gasteiger partial charge in [-0.15, -0.1) is 0 Å². The third-order valence-corrected chi connectivity index (χ3v) is 3.21. The van der Waals surface area contributed by atoms with Crippen molar-refractivity contribution in [3.05, 3.63) is 34.1 Å². The van der Waals surface area contributed by atoms with E-state index in [1.807, 2.05) is 20.8 Å². The molecule has 17 heavy (non-hydrogen) atoms. The third kappa shape index (κ3) is 5.13. The van der Waals surface area contributed by atoms with E-state index < -0.39 is 6.17 Å². The largest absolute Gasteiger partial charge is 0.309 e. The van der Waals surface area contributed by atoms with Crippen molar-refractivity contribution in [3.63, 3.8) is 0 Å². The number of hydrogen-bond donors (Lipinski definition) is 1. The summed E-state index contributed by atoms with van der Waals surface area (Å²) in [7, 11) is 0. The standard InChI is InChI=1S/C13H18BrF2N/c1-13(2,3)17-8-10(15)7-9-5-4-6-11(16)12(9)14/h4-6,10,17H,7-8H2,1-3H3. The highest BCUT2D eigenvalue weighted by Gasteiger charge is 2.15. The van der Waals surface area contributed by atoms with E-state index in [4.69, 9.17) is 0 Å². The van der Waals surface area contributed by atoms with Crippen molar-refractivity contribution in [2.75, 3.05) is 6.54 Å². The second-order valence-corrected chi connectivity index (χ2v) is 5.94. The van der Waals surface area contributed by atoms with Crippen LogP contribution in [0.2, 0.25) is 0 Å². The average Bonchev–Trinajstić information content (AvgIpc) is 2.21. The quantitative estimate of drug-likeness (QED) is 0.891. The minimum Gasteiger partial charge on any atom is -0.309 e. The van der Waals surface area contributed by atoms with Crippen LogP contribution in [0.3, 0.4) is 0 Å². The Morgan fingerprint density at radius 3 is 2.59 bits per heavy atom. The average molecular weight is 306 g/mol. The van der Waals surface area contributed by atoms with Crippen LogP contribution in [0, 0.1) is 5.82 Å². The summed E-state index contributed by atoms with van der Waals surface area (Å²) in [6.45, 7) is 6.22. The van der Waals surface area contributed by atoms with Gasteiger partial charge in [-0.1, -0.05) is 12.1 Å². The zero-order valence-electron chi connectivity index (χ0n) is 10.4. The van der Waals surface area contributed by atoms with Crippen molar-refractivity contribution < 1.29 is 8.78 Å². The molecule has 96 valence electrons. The molecule has 4 heteroatoms. The molecule has 1 aromatic rings. The second-order valence-electron chi connectivity index (χ2n) is 5.15. The van der Waals surface area contributed by atoms with Gasteiger partial charge in [0.2, 0.25) is 0 Å². The minimum atomic E-state index is -1.02. The van der Waals surface area contributed by atoms with E-state index in [1.165, 1.54) is 6.07 Å². The molecule has 0 spiro atoms. The van der Waals surface area contributed by atoms with Crippen molar-refractivity contribution >= 4 is 15.9 Å². The fourth-order valence-corrected chi connectivity index (χ4v) is 1.86. The van der Waals surface area contributed by atoms with Gasteiger partial charge in [0.1, 0.15) is 12.0 Å². The van der Waals surface area contributed by atoms with Gasteiger partial charge in [-0.2, -0.15) is 0 Å². The molecule has 1 atom stereocenters. The molecular weight excluding hydrogens is 288 g/mol. The first-order valence-electron chi connectivity index (χ1n) is 5.61. The molecule has 0 aliphatic heterocycles. The molecule has 0 fully saturated rings. The van der Waals surface area contributed by atoms with Gasteiger partial charge in [-0.25, -0.2) is 8.78 Å². The number of hydrogen-bond acceptors (Lipinski definition) is 1. The van der Waals surface area contributed by atoms with E-state index in [0.717, 1.165) is 0 Å². The summed E-state index contributed by atoms with van der Waals surface area (Å²) in [6, 6.07) is 4.68. The first-order valence-corrected chi connectivity index (χ1v) is 6.41. The normalized spacial score (nSPS) is 13.8. The van der Waals surface area contributed by atoms with Gasteiger partial charge in [0.05, 0.1) is 4.47 Å². The van der Waals surface area contributed by atoms with Crippen molar-refractivity contribution in [2.45, 2.75) is 38.9 Å². The zero-order chi connectivity index (χ0) is 13.1. The molecule has 0 heterocycles. The lowest BCUT2D eigenvalue weighted by Gasteiger charge is -2.22. The summed E-state index contributed by atoms with van der Waals surface area (Å²) in [5, 5.41) is 3.09. The first kappa shape index (κ1) is 14.6. The third-order valence-electron chi connectivity index (χ3n) is 2.33. The lowest BCUT2D eigenvalue weighted by Crippen LogP contribution is -2.40. The van der Waals surface area contributed by atoms with Crippen LogP contribution in [0.15, 0.2) is 22.7 Å². The van der Waals surface area contributed by atoms with Crippen molar-refractivity contribution in [1.82, 2.24) is 5.32 Å². The van der Waals surface area contributed by atoms with E-state index in [1.54, 1.807) is 12.1 Å². The van der Waals surface area contributed by atoms with Gasteiger partial charge in [0.15, 0.2) is 0 Å². The molecule has 0 radical (unpaired) electrons. The SMILES string of the molecule is CC(C)(C)NCC(F)Cc1cccc(F)c1Br. The van der Waals surface area contributed by atoms with E-state index in [0.29, 0.717) is 10.0 Å². The Labute approximate surface area is 110 Å². The van der Waals surface area contributed by atoms with Gasteiger partial charge in [-0.05, 0) is 48.3 Å². The number of halogens is 3. The number of alkyl halides is 1. The Balaban J connectivity index is 2.56. The van der Waals surface area contributed by atoms with Crippen molar-refractivity contribution in [3.8, 4) is 0 Å². The maximum absolute atomic E-state index is 13.7. The Morgan fingerprint density at radius 1 is 1.35 bits per heavy atom. The molecule has 0 bridgehead atoms. The lowest BCUT2D eigenvalue weighted by atomic mass is 10.1. The zero-order valence-corrected chi connectivity index (χ0v) is 11.9. The predicted octanol–water partition coefficient (Wildman–Crippen LogP) is 3.86. The summed E-state index contributed by atoms with van der Waals surface area (Å²) in [6.07, 6.45) is -0.811. The summed E-state index contributed by atoms with van der Waals surface area (Å²) < 4.78 is 27.3. The molecule has 0 aliphatic carbocycles. The van der Waals surface area contributed by atoms with Crippen LogP contribution in [0.25, 0.3) is 0 Å². The molecular formula is C13H18BrF2N. The summed E-state index contributed by atoms with van der Waals surface area (Å²) in [4.78, 5) is 0. The highest BCUT2D eigenvalue weighted by atomic mass is 79.9. The first-order chi connectivity index (χ1) is 7.79. The highest BCUT2D eigenvalue weighted by Crippen LogP contribution is 2.22. The topological polar surface area (TPSA) is 12.0 Å². The minimum absolute atomic E-state index is 0.108. The lowest BCUT2D eigenvalue weighted by molar-refractivity contribution is 0.284. The van der Waals surface area contributed by atoms with E-state index in [-0.39, 0.29) is 24.3 Å².